The number of nitrogens with one attached hydrogen (secondary N) is 2. The Labute approximate surface area is 147 Å². The summed E-state index contributed by atoms with van der Waals surface area (Å²) in [5.74, 6) is 0.691. The lowest BCUT2D eigenvalue weighted by Gasteiger charge is -2.14. The highest BCUT2D eigenvalue weighted by molar-refractivity contribution is 7.88. The van der Waals surface area contributed by atoms with E-state index < -0.39 is 15.9 Å². The molecule has 0 atom stereocenters. The second kappa shape index (κ2) is 8.09. The van der Waals surface area contributed by atoms with E-state index in [0.717, 1.165) is 23.1 Å². The number of pyridine rings is 1. The van der Waals surface area contributed by atoms with Gasteiger partial charge in [0.05, 0.1) is 12.8 Å². The number of ether oxygens (including phenoxy) is 1. The Bertz CT molecular complexity index is 846. The van der Waals surface area contributed by atoms with E-state index in [1.54, 1.807) is 18.3 Å². The second-order valence-electron chi connectivity index (χ2n) is 5.66. The second-order valence-corrected chi connectivity index (χ2v) is 7.49. The molecule has 0 bridgehead atoms. The molecule has 1 amide bonds. The molecule has 8 heteroatoms. The Balaban J connectivity index is 2.07. The molecule has 0 saturated carbocycles. The standard InChI is InChI=1S/C17H21N3O4S/c1-12-6-4-7-13(2)16(12)24-17-14(8-5-9-18-17)10-19-15(21)11-20-25(3,22)23/h4-9,20H,10-11H2,1-3H3,(H,19,21). The van der Waals surface area contributed by atoms with Gasteiger partial charge in [0.1, 0.15) is 5.75 Å². The summed E-state index contributed by atoms with van der Waals surface area (Å²) in [6.07, 6.45) is 2.61. The van der Waals surface area contributed by atoms with Crippen LogP contribution in [0.25, 0.3) is 0 Å². The number of sulfonamides is 1. The van der Waals surface area contributed by atoms with Crippen LogP contribution in [0.2, 0.25) is 0 Å². The number of aryl methyl sites for hydroxylation is 2. The van der Waals surface area contributed by atoms with E-state index in [9.17, 15) is 13.2 Å². The summed E-state index contributed by atoms with van der Waals surface area (Å²) in [6, 6.07) is 9.38. The van der Waals surface area contributed by atoms with Crippen LogP contribution in [0.15, 0.2) is 36.5 Å². The van der Waals surface area contributed by atoms with Crippen LogP contribution in [0, 0.1) is 13.8 Å². The van der Waals surface area contributed by atoms with Crippen molar-refractivity contribution in [3.8, 4) is 11.6 Å². The molecule has 7 nitrogen and oxygen atoms in total. The first-order valence-corrected chi connectivity index (χ1v) is 9.54. The molecule has 1 aromatic heterocycles. The number of carbonyl (C=O) groups excluding carboxylic acids is 1. The van der Waals surface area contributed by atoms with Gasteiger partial charge in [0.15, 0.2) is 0 Å². The first-order valence-electron chi connectivity index (χ1n) is 7.65. The molecule has 1 heterocycles. The normalized spacial score (nSPS) is 11.2. The van der Waals surface area contributed by atoms with Crippen LogP contribution >= 0.6 is 0 Å². The average Bonchev–Trinajstić information content (AvgIpc) is 2.55. The molecule has 0 unspecified atom stereocenters. The van der Waals surface area contributed by atoms with E-state index in [4.69, 9.17) is 4.74 Å². The van der Waals surface area contributed by atoms with Gasteiger partial charge in [-0.3, -0.25) is 4.79 Å². The van der Waals surface area contributed by atoms with Crippen molar-refractivity contribution in [3.05, 3.63) is 53.2 Å². The molecular formula is C17H21N3O4S. The lowest BCUT2D eigenvalue weighted by molar-refractivity contribution is -0.120. The fourth-order valence-corrected chi connectivity index (χ4v) is 2.55. The van der Waals surface area contributed by atoms with Crippen molar-refractivity contribution in [1.29, 1.82) is 0 Å². The Morgan fingerprint density at radius 3 is 2.48 bits per heavy atom. The minimum Gasteiger partial charge on any atom is -0.438 e. The molecule has 25 heavy (non-hydrogen) atoms. The molecule has 0 spiro atoms. The van der Waals surface area contributed by atoms with Crippen LogP contribution in [0.4, 0.5) is 0 Å². The zero-order valence-corrected chi connectivity index (χ0v) is 15.2. The molecule has 2 N–H and O–H groups in total. The SMILES string of the molecule is Cc1cccc(C)c1Oc1ncccc1CNC(=O)CNS(C)(=O)=O. The summed E-state index contributed by atoms with van der Waals surface area (Å²) in [4.78, 5) is 16.0. The van der Waals surface area contributed by atoms with Crippen molar-refractivity contribution >= 4 is 15.9 Å². The number of amides is 1. The molecule has 134 valence electrons. The lowest BCUT2D eigenvalue weighted by Crippen LogP contribution is -2.36. The lowest BCUT2D eigenvalue weighted by atomic mass is 10.1. The maximum atomic E-state index is 11.7. The molecule has 0 saturated heterocycles. The van der Waals surface area contributed by atoms with E-state index in [-0.39, 0.29) is 13.1 Å². The summed E-state index contributed by atoms with van der Waals surface area (Å²) in [5.41, 5.74) is 2.66. The summed E-state index contributed by atoms with van der Waals surface area (Å²) >= 11 is 0. The van der Waals surface area contributed by atoms with Crippen LogP contribution in [-0.4, -0.2) is 32.1 Å². The number of hydrogen-bond acceptors (Lipinski definition) is 5. The average molecular weight is 363 g/mol. The van der Waals surface area contributed by atoms with Gasteiger partial charge < -0.3 is 10.1 Å². The van der Waals surface area contributed by atoms with Crippen LogP contribution in [0.3, 0.4) is 0 Å². The summed E-state index contributed by atoms with van der Waals surface area (Å²) in [6.45, 7) is 3.76. The zero-order valence-electron chi connectivity index (χ0n) is 14.4. The zero-order chi connectivity index (χ0) is 18.4. The van der Waals surface area contributed by atoms with E-state index >= 15 is 0 Å². The number of nitrogens with zero attached hydrogens (tertiary/aromatic N) is 1. The van der Waals surface area contributed by atoms with E-state index in [0.29, 0.717) is 11.4 Å². The predicted octanol–water partition coefficient (Wildman–Crippen LogP) is 1.66. The molecule has 0 aliphatic heterocycles. The maximum Gasteiger partial charge on any atom is 0.235 e. The van der Waals surface area contributed by atoms with Crippen LogP contribution in [-0.2, 0) is 21.4 Å². The quantitative estimate of drug-likeness (QED) is 0.780. The van der Waals surface area contributed by atoms with Crippen molar-refractivity contribution in [1.82, 2.24) is 15.0 Å². The van der Waals surface area contributed by atoms with E-state index in [1.807, 2.05) is 32.0 Å². The molecule has 0 radical (unpaired) electrons. The number of hydrogen-bond donors (Lipinski definition) is 2. The van der Waals surface area contributed by atoms with Gasteiger partial charge in [-0.2, -0.15) is 0 Å². The van der Waals surface area contributed by atoms with Gasteiger partial charge >= 0.3 is 0 Å². The topological polar surface area (TPSA) is 97.4 Å². The molecule has 1 aromatic carbocycles. The Hall–Kier alpha value is -2.45. The van der Waals surface area contributed by atoms with Gasteiger partial charge in [-0.25, -0.2) is 18.1 Å². The molecule has 0 aliphatic rings. The number of carbonyl (C=O) groups is 1. The van der Waals surface area contributed by atoms with E-state index in [1.165, 1.54) is 0 Å². The Morgan fingerprint density at radius 1 is 1.16 bits per heavy atom. The van der Waals surface area contributed by atoms with Crippen molar-refractivity contribution < 1.29 is 17.9 Å². The van der Waals surface area contributed by atoms with Crippen molar-refractivity contribution in [3.63, 3.8) is 0 Å². The number of aromatic nitrogens is 1. The van der Waals surface area contributed by atoms with Gasteiger partial charge in [-0.15, -0.1) is 0 Å². The van der Waals surface area contributed by atoms with Crippen molar-refractivity contribution in [2.45, 2.75) is 20.4 Å². The van der Waals surface area contributed by atoms with Gasteiger partial charge in [0, 0.05) is 18.3 Å². The first-order chi connectivity index (χ1) is 11.8. The molecule has 0 fully saturated rings. The largest absolute Gasteiger partial charge is 0.438 e. The number of benzene rings is 1. The summed E-state index contributed by atoms with van der Waals surface area (Å²) in [7, 11) is -3.41. The highest BCUT2D eigenvalue weighted by atomic mass is 32.2. The van der Waals surface area contributed by atoms with Crippen LogP contribution in [0.1, 0.15) is 16.7 Å². The van der Waals surface area contributed by atoms with Crippen LogP contribution < -0.4 is 14.8 Å². The van der Waals surface area contributed by atoms with Gasteiger partial charge in [0.2, 0.25) is 21.8 Å². The predicted molar refractivity (Wildman–Crippen MR) is 94.9 cm³/mol. The molecule has 2 aromatic rings. The molecular weight excluding hydrogens is 342 g/mol. The Morgan fingerprint density at radius 2 is 1.84 bits per heavy atom. The third-order valence-corrected chi connectivity index (χ3v) is 4.10. The van der Waals surface area contributed by atoms with Gasteiger partial charge in [0.25, 0.3) is 0 Å². The summed E-state index contributed by atoms with van der Waals surface area (Å²) in [5, 5.41) is 2.64. The Kier molecular flexibility index (Phi) is 6.11. The highest BCUT2D eigenvalue weighted by Crippen LogP contribution is 2.29. The fraction of sp³-hybridized carbons (Fsp3) is 0.294. The highest BCUT2D eigenvalue weighted by Gasteiger charge is 2.12. The minimum atomic E-state index is -3.41. The van der Waals surface area contributed by atoms with E-state index in [2.05, 4.69) is 15.0 Å². The third-order valence-electron chi connectivity index (χ3n) is 3.43. The fourth-order valence-electron chi connectivity index (χ4n) is 2.16. The number of para-hydroxylation sites is 1. The third kappa shape index (κ3) is 5.84. The van der Waals surface area contributed by atoms with Crippen molar-refractivity contribution in [2.75, 3.05) is 12.8 Å². The monoisotopic (exact) mass is 363 g/mol. The minimum absolute atomic E-state index is 0.179. The number of rotatable bonds is 7. The maximum absolute atomic E-state index is 11.7. The molecule has 2 rings (SSSR count). The summed E-state index contributed by atoms with van der Waals surface area (Å²) < 4.78 is 30.1. The van der Waals surface area contributed by atoms with Gasteiger partial charge in [-0.1, -0.05) is 24.3 Å². The molecule has 0 aliphatic carbocycles. The van der Waals surface area contributed by atoms with Crippen LogP contribution in [0.5, 0.6) is 11.6 Å². The first kappa shape index (κ1) is 18.9. The van der Waals surface area contributed by atoms with Crippen molar-refractivity contribution in [2.24, 2.45) is 0 Å². The van der Waals surface area contributed by atoms with Gasteiger partial charge in [-0.05, 0) is 31.0 Å². The smallest absolute Gasteiger partial charge is 0.235 e.